The number of nitrogens with zero attached hydrogens (tertiary/aromatic N) is 4. The third-order valence-electron chi connectivity index (χ3n) is 5.27. The number of ether oxygens (including phenoxy) is 1. The lowest BCUT2D eigenvalue weighted by Crippen LogP contribution is -2.16. The van der Waals surface area contributed by atoms with Gasteiger partial charge in [0.2, 0.25) is 0 Å². The van der Waals surface area contributed by atoms with Gasteiger partial charge in [0, 0.05) is 23.8 Å². The molecule has 1 saturated carbocycles. The Hall–Kier alpha value is -2.96. The smallest absolute Gasteiger partial charge is 0.274 e. The number of rotatable bonds is 4. The highest BCUT2D eigenvalue weighted by Crippen LogP contribution is 2.34. The van der Waals surface area contributed by atoms with Gasteiger partial charge in [0.15, 0.2) is 0 Å². The summed E-state index contributed by atoms with van der Waals surface area (Å²) in [6, 6.07) is 5.79. The fourth-order valence-corrected chi connectivity index (χ4v) is 3.64. The molecule has 2 aromatic heterocycles. The number of carbonyl (C=O) groups is 1. The number of fused-ring (bicyclic) bond motifs is 1. The zero-order chi connectivity index (χ0) is 18.8. The zero-order valence-electron chi connectivity index (χ0n) is 15.6. The molecular formula is C20H23N5O2. The van der Waals surface area contributed by atoms with Crippen LogP contribution in [0.1, 0.15) is 49.1 Å². The maximum absolute atomic E-state index is 12.4. The van der Waals surface area contributed by atoms with E-state index in [9.17, 15) is 4.79 Å². The van der Waals surface area contributed by atoms with E-state index in [1.807, 2.05) is 12.1 Å². The summed E-state index contributed by atoms with van der Waals surface area (Å²) in [7, 11) is 1.58. The molecule has 140 valence electrons. The van der Waals surface area contributed by atoms with Crippen LogP contribution in [-0.2, 0) is 0 Å². The average Bonchev–Trinajstić information content (AvgIpc) is 3.11. The fraction of sp³-hybridized carbons (Fsp3) is 0.400. The number of hydrogen-bond donors (Lipinski definition) is 1. The fourth-order valence-electron chi connectivity index (χ4n) is 3.64. The largest absolute Gasteiger partial charge is 0.494 e. The third kappa shape index (κ3) is 3.63. The molecule has 0 unspecified atom stereocenters. The van der Waals surface area contributed by atoms with Crippen molar-refractivity contribution in [3.8, 4) is 5.75 Å². The van der Waals surface area contributed by atoms with Gasteiger partial charge in [-0.15, -0.1) is 0 Å². The van der Waals surface area contributed by atoms with Crippen molar-refractivity contribution in [3.63, 3.8) is 0 Å². The summed E-state index contributed by atoms with van der Waals surface area (Å²) in [5, 5.41) is 8.60. The molecule has 4 rings (SSSR count). The molecule has 7 nitrogen and oxygen atoms in total. The minimum Gasteiger partial charge on any atom is -0.494 e. The van der Waals surface area contributed by atoms with Crippen molar-refractivity contribution in [3.05, 3.63) is 42.6 Å². The molecule has 1 N–H and O–H groups in total. The quantitative estimate of drug-likeness (QED) is 0.760. The number of anilines is 1. The molecular weight excluding hydrogens is 342 g/mol. The van der Waals surface area contributed by atoms with Gasteiger partial charge in [0.25, 0.3) is 5.91 Å². The Balaban J connectivity index is 1.62. The predicted octanol–water partition coefficient (Wildman–Crippen LogP) is 3.84. The van der Waals surface area contributed by atoms with E-state index in [4.69, 9.17) is 9.84 Å². The second kappa shape index (κ2) is 7.34. The van der Waals surface area contributed by atoms with Crippen LogP contribution in [0.4, 0.5) is 5.69 Å². The lowest BCUT2D eigenvalue weighted by atomic mass is 9.87. The van der Waals surface area contributed by atoms with Crippen molar-refractivity contribution >= 4 is 22.5 Å². The molecule has 0 bridgehead atoms. The van der Waals surface area contributed by atoms with E-state index in [0.717, 1.165) is 29.7 Å². The van der Waals surface area contributed by atoms with Crippen LogP contribution >= 0.6 is 0 Å². The van der Waals surface area contributed by atoms with Crippen molar-refractivity contribution in [2.75, 3.05) is 12.4 Å². The highest BCUT2D eigenvalue weighted by molar-refractivity contribution is 6.04. The van der Waals surface area contributed by atoms with Crippen LogP contribution in [0.25, 0.3) is 10.9 Å². The molecule has 1 fully saturated rings. The Labute approximate surface area is 157 Å². The molecule has 0 atom stereocenters. The summed E-state index contributed by atoms with van der Waals surface area (Å²) in [5.74, 6) is 1.08. The van der Waals surface area contributed by atoms with Crippen molar-refractivity contribution in [1.82, 2.24) is 19.7 Å². The average molecular weight is 365 g/mol. The van der Waals surface area contributed by atoms with Gasteiger partial charge in [0.1, 0.15) is 17.8 Å². The Morgan fingerprint density at radius 3 is 2.78 bits per heavy atom. The Morgan fingerprint density at radius 1 is 1.26 bits per heavy atom. The third-order valence-corrected chi connectivity index (χ3v) is 5.27. The first-order chi connectivity index (χ1) is 13.1. The van der Waals surface area contributed by atoms with Crippen LogP contribution in [0.5, 0.6) is 5.75 Å². The maximum Gasteiger partial charge on any atom is 0.274 e. The molecule has 7 heteroatoms. The van der Waals surface area contributed by atoms with Gasteiger partial charge < -0.3 is 10.1 Å². The summed E-state index contributed by atoms with van der Waals surface area (Å²) < 4.78 is 7.54. The minimum atomic E-state index is -0.302. The van der Waals surface area contributed by atoms with E-state index in [1.165, 1.54) is 25.4 Å². The second-order valence-electron chi connectivity index (χ2n) is 7.18. The van der Waals surface area contributed by atoms with E-state index < -0.39 is 0 Å². The zero-order valence-corrected chi connectivity index (χ0v) is 15.6. The van der Waals surface area contributed by atoms with Gasteiger partial charge in [-0.25, -0.2) is 9.97 Å². The first-order valence-electron chi connectivity index (χ1n) is 9.28. The van der Waals surface area contributed by atoms with E-state index in [-0.39, 0.29) is 5.91 Å². The predicted molar refractivity (Wildman–Crippen MR) is 103 cm³/mol. The second-order valence-corrected chi connectivity index (χ2v) is 7.18. The van der Waals surface area contributed by atoms with E-state index in [2.05, 4.69) is 33.1 Å². The van der Waals surface area contributed by atoms with Crippen LogP contribution in [0, 0.1) is 5.92 Å². The van der Waals surface area contributed by atoms with E-state index in [1.54, 1.807) is 13.2 Å². The van der Waals surface area contributed by atoms with Crippen LogP contribution in [0.15, 0.2) is 36.9 Å². The van der Waals surface area contributed by atoms with Crippen molar-refractivity contribution in [2.45, 2.75) is 38.6 Å². The van der Waals surface area contributed by atoms with Gasteiger partial charge >= 0.3 is 0 Å². The standard InChI is InChI=1S/C20H23N5O2/c1-13-3-5-15(6-4-13)25-11-14-9-18(19(27-2)10-17(14)24-25)23-20(26)16-7-8-21-12-22-16/h7-13,15H,3-6H2,1-2H3,(H,23,26)/t13-,15-. The minimum absolute atomic E-state index is 0.302. The number of aromatic nitrogens is 4. The summed E-state index contributed by atoms with van der Waals surface area (Å²) in [4.78, 5) is 20.2. The van der Waals surface area contributed by atoms with Crippen molar-refractivity contribution in [1.29, 1.82) is 0 Å². The Bertz CT molecular complexity index is 946. The van der Waals surface area contributed by atoms with Crippen LogP contribution in [0.2, 0.25) is 0 Å². The summed E-state index contributed by atoms with van der Waals surface area (Å²) in [6.07, 6.45) is 9.75. The highest BCUT2D eigenvalue weighted by Gasteiger charge is 2.21. The molecule has 0 spiro atoms. The summed E-state index contributed by atoms with van der Waals surface area (Å²) in [6.45, 7) is 2.31. The maximum atomic E-state index is 12.4. The normalized spacial score (nSPS) is 19.8. The number of amides is 1. The van der Waals surface area contributed by atoms with E-state index in [0.29, 0.717) is 23.2 Å². The SMILES string of the molecule is COc1cc2nn([C@H]3CC[C@H](C)CC3)cc2cc1NC(=O)c1ccncn1. The van der Waals surface area contributed by atoms with Crippen LogP contribution in [-0.4, -0.2) is 32.8 Å². The molecule has 1 aliphatic rings. The highest BCUT2D eigenvalue weighted by atomic mass is 16.5. The Morgan fingerprint density at radius 2 is 2.07 bits per heavy atom. The lowest BCUT2D eigenvalue weighted by Gasteiger charge is -2.26. The molecule has 1 amide bonds. The molecule has 1 aliphatic carbocycles. The summed E-state index contributed by atoms with van der Waals surface area (Å²) in [5.41, 5.74) is 1.77. The lowest BCUT2D eigenvalue weighted by molar-refractivity contribution is 0.102. The summed E-state index contributed by atoms with van der Waals surface area (Å²) >= 11 is 0. The van der Waals surface area contributed by atoms with E-state index >= 15 is 0 Å². The monoisotopic (exact) mass is 365 g/mol. The molecule has 3 aromatic rings. The molecule has 0 saturated heterocycles. The first-order valence-corrected chi connectivity index (χ1v) is 9.28. The van der Waals surface area contributed by atoms with Gasteiger partial charge in [-0.05, 0) is 43.7 Å². The van der Waals surface area contributed by atoms with Gasteiger partial charge in [0.05, 0.1) is 24.4 Å². The van der Waals surface area contributed by atoms with Crippen molar-refractivity contribution < 1.29 is 9.53 Å². The molecule has 1 aromatic carbocycles. The molecule has 27 heavy (non-hydrogen) atoms. The number of methoxy groups -OCH3 is 1. The molecule has 0 radical (unpaired) electrons. The van der Waals surface area contributed by atoms with Gasteiger partial charge in [-0.1, -0.05) is 6.92 Å². The van der Waals surface area contributed by atoms with Gasteiger partial charge in [-0.2, -0.15) is 5.10 Å². The Kier molecular flexibility index (Phi) is 4.75. The van der Waals surface area contributed by atoms with Crippen LogP contribution < -0.4 is 10.1 Å². The number of carbonyl (C=O) groups excluding carboxylic acids is 1. The van der Waals surface area contributed by atoms with Crippen LogP contribution in [0.3, 0.4) is 0 Å². The molecule has 2 heterocycles. The first kappa shape index (κ1) is 17.5. The number of nitrogens with one attached hydrogen (secondary N) is 1. The number of benzene rings is 1. The number of hydrogen-bond acceptors (Lipinski definition) is 5. The molecule has 0 aliphatic heterocycles. The van der Waals surface area contributed by atoms with Crippen molar-refractivity contribution in [2.24, 2.45) is 5.92 Å². The topological polar surface area (TPSA) is 81.9 Å². The van der Waals surface area contributed by atoms with Gasteiger partial charge in [-0.3, -0.25) is 9.48 Å².